The molecule has 0 aliphatic carbocycles. The van der Waals surface area contributed by atoms with Gasteiger partial charge >= 0.3 is 6.09 Å². The number of amides is 2. The number of pyridine rings is 1. The van der Waals surface area contributed by atoms with Gasteiger partial charge in [-0.05, 0) is 31.0 Å². The van der Waals surface area contributed by atoms with Crippen molar-refractivity contribution in [2.75, 3.05) is 18.1 Å². The van der Waals surface area contributed by atoms with E-state index in [1.807, 2.05) is 0 Å². The quantitative estimate of drug-likeness (QED) is 0.634. The van der Waals surface area contributed by atoms with E-state index in [0.29, 0.717) is 42.0 Å². The number of anilines is 1. The molecule has 0 spiro atoms. The molecule has 1 fully saturated rings. The van der Waals surface area contributed by atoms with E-state index in [2.05, 4.69) is 20.4 Å². The number of halogens is 1. The Bertz CT molecular complexity index is 1110. The largest absolute Gasteiger partial charge is 0.446 e. The number of aromatic nitrogens is 4. The second-order valence-corrected chi connectivity index (χ2v) is 6.64. The fraction of sp³-hybridized carbons (Fsp3) is 0.278. The number of nitrogens with zero attached hydrogens (tertiary/aromatic N) is 5. The minimum Gasteiger partial charge on any atom is -0.446 e. The second-order valence-electron chi connectivity index (χ2n) is 6.64. The third-order valence-corrected chi connectivity index (χ3v) is 4.82. The molecule has 10 heteroatoms. The van der Waals surface area contributed by atoms with E-state index >= 15 is 0 Å². The summed E-state index contributed by atoms with van der Waals surface area (Å²) in [6.07, 6.45) is 3.51. The predicted molar refractivity (Wildman–Crippen MR) is 94.4 cm³/mol. The lowest BCUT2D eigenvalue weighted by Gasteiger charge is -2.21. The fourth-order valence-electron chi connectivity index (χ4n) is 3.48. The van der Waals surface area contributed by atoms with Crippen molar-refractivity contribution in [3.05, 3.63) is 53.4 Å². The average molecular weight is 382 g/mol. The summed E-state index contributed by atoms with van der Waals surface area (Å²) < 4.78 is 20.8. The molecule has 3 aromatic heterocycles. The number of nitrogens with one attached hydrogen (secondary N) is 1. The van der Waals surface area contributed by atoms with Gasteiger partial charge in [0, 0.05) is 18.4 Å². The molecule has 1 saturated heterocycles. The molecule has 1 atom stereocenters. The van der Waals surface area contributed by atoms with E-state index < -0.39 is 18.0 Å². The van der Waals surface area contributed by atoms with Crippen LogP contribution in [0.25, 0.3) is 5.65 Å². The van der Waals surface area contributed by atoms with E-state index in [1.165, 1.54) is 27.7 Å². The van der Waals surface area contributed by atoms with Gasteiger partial charge in [-0.2, -0.15) is 5.10 Å². The average Bonchev–Trinajstić information content (AvgIpc) is 3.27. The van der Waals surface area contributed by atoms with Gasteiger partial charge in [0.25, 0.3) is 5.91 Å². The Morgan fingerprint density at radius 3 is 3.04 bits per heavy atom. The molecule has 2 aliphatic rings. The van der Waals surface area contributed by atoms with Crippen molar-refractivity contribution in [3.8, 4) is 0 Å². The number of rotatable bonds is 0. The van der Waals surface area contributed by atoms with Crippen molar-refractivity contribution in [3.63, 3.8) is 0 Å². The molecule has 9 nitrogen and oxygen atoms in total. The lowest BCUT2D eigenvalue weighted by Crippen LogP contribution is -2.30. The van der Waals surface area contributed by atoms with Crippen LogP contribution in [0.5, 0.6) is 0 Å². The maximum absolute atomic E-state index is 14.2. The monoisotopic (exact) mass is 382 g/mol. The summed E-state index contributed by atoms with van der Waals surface area (Å²) in [5, 5.41) is 6.95. The Kier molecular flexibility index (Phi) is 3.71. The highest BCUT2D eigenvalue weighted by atomic mass is 19.1. The van der Waals surface area contributed by atoms with E-state index in [4.69, 9.17) is 4.74 Å². The predicted octanol–water partition coefficient (Wildman–Crippen LogP) is 1.64. The molecule has 1 unspecified atom stereocenters. The molecule has 3 aromatic rings. The molecule has 2 aliphatic heterocycles. The molecule has 142 valence electrons. The molecule has 0 aromatic carbocycles. The van der Waals surface area contributed by atoms with Gasteiger partial charge in [0.15, 0.2) is 5.65 Å². The summed E-state index contributed by atoms with van der Waals surface area (Å²) in [6, 6.07) is 3.65. The summed E-state index contributed by atoms with van der Waals surface area (Å²) in [7, 11) is 0. The number of ether oxygens (including phenoxy) is 1. The Morgan fingerprint density at radius 1 is 1.25 bits per heavy atom. The summed E-state index contributed by atoms with van der Waals surface area (Å²) in [5.41, 5.74) is 1.58. The number of hydrogen-bond acceptors (Lipinski definition) is 6. The maximum atomic E-state index is 14.2. The minimum atomic E-state index is -0.611. The van der Waals surface area contributed by atoms with Crippen LogP contribution in [-0.4, -0.2) is 44.7 Å². The summed E-state index contributed by atoms with van der Waals surface area (Å²) in [5.74, 6) is -0.471. The maximum Gasteiger partial charge on any atom is 0.416 e. The van der Waals surface area contributed by atoms with Crippen molar-refractivity contribution in [2.24, 2.45) is 0 Å². The molecule has 5 heterocycles. The van der Waals surface area contributed by atoms with Crippen molar-refractivity contribution in [2.45, 2.75) is 18.9 Å². The van der Waals surface area contributed by atoms with Crippen LogP contribution in [0.1, 0.15) is 34.2 Å². The summed E-state index contributed by atoms with van der Waals surface area (Å²) >= 11 is 0. The van der Waals surface area contributed by atoms with Crippen LogP contribution in [0.15, 0.2) is 30.6 Å². The molecule has 5 rings (SSSR count). The molecule has 28 heavy (non-hydrogen) atoms. The number of aryl methyl sites for hydroxylation is 1. The van der Waals surface area contributed by atoms with E-state index in [0.717, 1.165) is 0 Å². The van der Waals surface area contributed by atoms with Gasteiger partial charge in [-0.1, -0.05) is 0 Å². The van der Waals surface area contributed by atoms with Crippen molar-refractivity contribution < 1.29 is 18.7 Å². The first-order valence-electron chi connectivity index (χ1n) is 8.85. The van der Waals surface area contributed by atoms with Gasteiger partial charge in [-0.15, -0.1) is 0 Å². The van der Waals surface area contributed by atoms with Crippen LogP contribution in [0.3, 0.4) is 0 Å². The Balaban J connectivity index is 1.69. The third kappa shape index (κ3) is 2.65. The van der Waals surface area contributed by atoms with E-state index in [1.54, 1.807) is 12.3 Å². The van der Waals surface area contributed by atoms with Crippen LogP contribution in [0, 0.1) is 5.82 Å². The standard InChI is InChI=1S/C18H15FN6O3/c19-10-6-11-2-1-4-20-17(26)12-8-21-24-5-3-15(23-16(12)24)25-14(9-28-18(25)27)13(7-10)22-11/h3,5-8,14H,1-2,4,9H2,(H,20,26). The zero-order valence-corrected chi connectivity index (χ0v) is 14.6. The number of carbonyl (C=O) groups excluding carboxylic acids is 2. The van der Waals surface area contributed by atoms with Gasteiger partial charge < -0.3 is 10.1 Å². The zero-order chi connectivity index (χ0) is 19.3. The number of hydrogen-bond donors (Lipinski definition) is 1. The van der Waals surface area contributed by atoms with Crippen LogP contribution in [0.2, 0.25) is 0 Å². The molecule has 0 radical (unpaired) electrons. The van der Waals surface area contributed by atoms with Crippen LogP contribution >= 0.6 is 0 Å². The number of cyclic esters (lactones) is 1. The first-order chi connectivity index (χ1) is 13.6. The van der Waals surface area contributed by atoms with Gasteiger partial charge in [0.2, 0.25) is 0 Å². The first-order valence-corrected chi connectivity index (χ1v) is 8.85. The lowest BCUT2D eigenvalue weighted by atomic mass is 10.1. The molecule has 0 saturated carbocycles. The van der Waals surface area contributed by atoms with E-state index in [-0.39, 0.29) is 18.3 Å². The second kappa shape index (κ2) is 6.25. The highest BCUT2D eigenvalue weighted by Crippen LogP contribution is 2.32. The number of carbonyl (C=O) groups is 2. The smallest absolute Gasteiger partial charge is 0.416 e. The van der Waals surface area contributed by atoms with E-state index in [9.17, 15) is 14.0 Å². The Morgan fingerprint density at radius 2 is 2.14 bits per heavy atom. The fourth-order valence-corrected chi connectivity index (χ4v) is 3.48. The van der Waals surface area contributed by atoms with Gasteiger partial charge in [-0.3, -0.25) is 9.78 Å². The first kappa shape index (κ1) is 16.6. The molecule has 4 bridgehead atoms. The van der Waals surface area contributed by atoms with Gasteiger partial charge in [0.1, 0.15) is 29.8 Å². The van der Waals surface area contributed by atoms with Crippen molar-refractivity contribution in [1.29, 1.82) is 0 Å². The normalized spacial score (nSPS) is 19.3. The van der Waals surface area contributed by atoms with Crippen LogP contribution in [-0.2, 0) is 11.2 Å². The SMILES string of the molecule is O=C1NCCCc2cc(F)cc(n2)C2COC(=O)N2c2ccn3ncc1c3n2. The topological polar surface area (TPSA) is 102 Å². The highest BCUT2D eigenvalue weighted by Gasteiger charge is 2.38. The minimum absolute atomic E-state index is 0.0359. The third-order valence-electron chi connectivity index (χ3n) is 4.82. The summed E-state index contributed by atoms with van der Waals surface area (Å²) in [4.78, 5) is 35.2. The Hall–Kier alpha value is -3.56. The molecule has 2 amide bonds. The summed E-state index contributed by atoms with van der Waals surface area (Å²) in [6.45, 7) is 0.439. The van der Waals surface area contributed by atoms with Crippen molar-refractivity contribution >= 4 is 23.5 Å². The van der Waals surface area contributed by atoms with Crippen LogP contribution < -0.4 is 10.2 Å². The van der Waals surface area contributed by atoms with Crippen molar-refractivity contribution in [1.82, 2.24) is 24.9 Å². The number of fused-ring (bicyclic) bond motifs is 6. The lowest BCUT2D eigenvalue weighted by molar-refractivity contribution is 0.0954. The molecular formula is C18H15FN6O3. The van der Waals surface area contributed by atoms with Gasteiger partial charge in [-0.25, -0.2) is 23.6 Å². The van der Waals surface area contributed by atoms with Crippen LogP contribution in [0.4, 0.5) is 15.0 Å². The molecule has 1 N–H and O–H groups in total. The Labute approximate surface area is 158 Å². The molecular weight excluding hydrogens is 367 g/mol. The van der Waals surface area contributed by atoms with Gasteiger partial charge in [0.05, 0.1) is 11.9 Å². The zero-order valence-electron chi connectivity index (χ0n) is 14.6. The highest BCUT2D eigenvalue weighted by molar-refractivity contribution is 6.00.